The highest BCUT2D eigenvalue weighted by molar-refractivity contribution is 6.32. The zero-order chi connectivity index (χ0) is 15.6. The molecule has 2 nitrogen and oxygen atoms in total. The van der Waals surface area contributed by atoms with Crippen molar-refractivity contribution in [2.75, 3.05) is 0 Å². The molecule has 2 unspecified atom stereocenters. The summed E-state index contributed by atoms with van der Waals surface area (Å²) in [5, 5.41) is 0.788. The van der Waals surface area contributed by atoms with Crippen molar-refractivity contribution in [1.82, 2.24) is 0 Å². The summed E-state index contributed by atoms with van der Waals surface area (Å²) in [4.78, 5) is 0. The van der Waals surface area contributed by atoms with Crippen LogP contribution in [0.4, 0.5) is 0 Å². The Kier molecular flexibility index (Phi) is 4.92. The van der Waals surface area contributed by atoms with Gasteiger partial charge in [0.15, 0.2) is 0 Å². The minimum atomic E-state index is -0.175. The van der Waals surface area contributed by atoms with E-state index in [1.165, 1.54) is 5.56 Å². The summed E-state index contributed by atoms with van der Waals surface area (Å²) in [6.45, 7) is 8.01. The van der Waals surface area contributed by atoms with E-state index in [-0.39, 0.29) is 12.1 Å². The number of hydrogen-bond acceptors (Lipinski definition) is 2. The van der Waals surface area contributed by atoms with Crippen molar-refractivity contribution in [3.63, 3.8) is 0 Å². The molecule has 2 N–H and O–H groups in total. The molecule has 112 valence electrons. The van der Waals surface area contributed by atoms with Gasteiger partial charge in [0.1, 0.15) is 11.9 Å². The molecular weight excluding hydrogens is 282 g/mol. The average Bonchev–Trinajstić information content (AvgIpc) is 2.42. The van der Waals surface area contributed by atoms with Crippen molar-refractivity contribution in [3.05, 3.63) is 63.7 Å². The number of halogens is 1. The van der Waals surface area contributed by atoms with Crippen molar-refractivity contribution in [1.29, 1.82) is 0 Å². The van der Waals surface area contributed by atoms with Crippen LogP contribution in [0.5, 0.6) is 5.75 Å². The number of hydrogen-bond donors (Lipinski definition) is 1. The summed E-state index contributed by atoms with van der Waals surface area (Å²) < 4.78 is 6.18. The lowest BCUT2D eigenvalue weighted by Crippen LogP contribution is -2.29. The first kappa shape index (κ1) is 15.9. The summed E-state index contributed by atoms with van der Waals surface area (Å²) in [6, 6.07) is 12.0. The van der Waals surface area contributed by atoms with E-state index >= 15 is 0 Å². The first-order valence-corrected chi connectivity index (χ1v) is 7.52. The Balaban J connectivity index is 2.36. The van der Waals surface area contributed by atoms with Gasteiger partial charge >= 0.3 is 0 Å². The van der Waals surface area contributed by atoms with E-state index in [1.54, 1.807) is 0 Å². The Morgan fingerprint density at radius 1 is 1.00 bits per heavy atom. The lowest BCUT2D eigenvalue weighted by molar-refractivity contribution is 0.179. The molecule has 0 aliphatic carbocycles. The molecule has 0 aliphatic heterocycles. The molecule has 2 aromatic rings. The Morgan fingerprint density at radius 2 is 1.57 bits per heavy atom. The molecule has 0 fully saturated rings. The second-order valence-electron chi connectivity index (χ2n) is 5.63. The smallest absolute Gasteiger partial charge is 0.139 e. The van der Waals surface area contributed by atoms with Gasteiger partial charge in [-0.05, 0) is 62.1 Å². The quantitative estimate of drug-likeness (QED) is 0.886. The van der Waals surface area contributed by atoms with Crippen LogP contribution in [-0.2, 0) is 0 Å². The molecule has 0 saturated carbocycles. The van der Waals surface area contributed by atoms with Crippen LogP contribution in [0.1, 0.15) is 35.3 Å². The second-order valence-corrected chi connectivity index (χ2v) is 6.00. The molecule has 2 rings (SSSR count). The minimum absolute atomic E-state index is 0.109. The van der Waals surface area contributed by atoms with E-state index in [9.17, 15) is 0 Å². The van der Waals surface area contributed by atoms with E-state index in [2.05, 4.69) is 19.1 Å². The molecule has 2 atom stereocenters. The summed E-state index contributed by atoms with van der Waals surface area (Å²) in [6.07, 6.45) is -0.175. The Hall–Kier alpha value is -1.51. The highest BCUT2D eigenvalue weighted by Gasteiger charge is 2.20. The van der Waals surface area contributed by atoms with Gasteiger partial charge in [-0.1, -0.05) is 35.9 Å². The van der Waals surface area contributed by atoms with Crippen LogP contribution >= 0.6 is 11.6 Å². The third-order valence-electron chi connectivity index (χ3n) is 3.65. The molecule has 0 radical (unpaired) electrons. The number of nitrogens with two attached hydrogens (primary N) is 1. The fourth-order valence-electron chi connectivity index (χ4n) is 2.48. The maximum absolute atomic E-state index is 6.21. The van der Waals surface area contributed by atoms with Crippen LogP contribution in [0.3, 0.4) is 0 Å². The molecule has 0 aromatic heterocycles. The maximum atomic E-state index is 6.21. The molecule has 0 bridgehead atoms. The van der Waals surface area contributed by atoms with Crippen LogP contribution < -0.4 is 10.5 Å². The molecule has 0 saturated heterocycles. The standard InChI is InChI=1S/C18H22ClNO/c1-11-7-5-6-8-16(11)18(14(4)20)21-15-9-12(2)17(19)13(3)10-15/h5-10,14,18H,20H2,1-4H3. The molecule has 0 spiro atoms. The predicted molar refractivity (Wildman–Crippen MR) is 89.1 cm³/mol. The van der Waals surface area contributed by atoms with E-state index in [4.69, 9.17) is 22.1 Å². The molecule has 0 amide bonds. The first-order chi connectivity index (χ1) is 9.90. The van der Waals surface area contributed by atoms with Crippen LogP contribution in [0.15, 0.2) is 36.4 Å². The largest absolute Gasteiger partial charge is 0.484 e. The molecule has 0 aliphatic rings. The molecule has 0 heterocycles. The van der Waals surface area contributed by atoms with Gasteiger partial charge in [0, 0.05) is 11.1 Å². The van der Waals surface area contributed by atoms with Gasteiger partial charge in [0.25, 0.3) is 0 Å². The molecule has 21 heavy (non-hydrogen) atoms. The molecule has 3 heteroatoms. The average molecular weight is 304 g/mol. The van der Waals surface area contributed by atoms with E-state index in [0.717, 1.165) is 27.5 Å². The molecular formula is C18H22ClNO. The fourth-order valence-corrected chi connectivity index (χ4v) is 2.59. The number of aryl methyl sites for hydroxylation is 3. The van der Waals surface area contributed by atoms with Crippen molar-refractivity contribution in [2.24, 2.45) is 5.73 Å². The Bertz CT molecular complexity index is 614. The zero-order valence-corrected chi connectivity index (χ0v) is 13.7. The van der Waals surface area contributed by atoms with Crippen LogP contribution in [0, 0.1) is 20.8 Å². The number of rotatable bonds is 4. The van der Waals surface area contributed by atoms with Gasteiger partial charge in [0.05, 0.1) is 0 Å². The fraction of sp³-hybridized carbons (Fsp3) is 0.333. The van der Waals surface area contributed by atoms with Gasteiger partial charge in [-0.3, -0.25) is 0 Å². The minimum Gasteiger partial charge on any atom is -0.484 e. The zero-order valence-electron chi connectivity index (χ0n) is 13.0. The Morgan fingerprint density at radius 3 is 2.10 bits per heavy atom. The SMILES string of the molecule is Cc1ccccc1C(Oc1cc(C)c(Cl)c(C)c1)C(C)N. The normalized spacial score (nSPS) is 13.8. The lowest BCUT2D eigenvalue weighted by atomic mass is 9.99. The third-order valence-corrected chi connectivity index (χ3v) is 4.24. The number of benzene rings is 2. The second kappa shape index (κ2) is 6.50. The lowest BCUT2D eigenvalue weighted by Gasteiger charge is -2.25. The summed E-state index contributed by atoms with van der Waals surface area (Å²) in [7, 11) is 0. The van der Waals surface area contributed by atoms with E-state index in [0.29, 0.717) is 0 Å². The van der Waals surface area contributed by atoms with Crippen molar-refractivity contribution in [3.8, 4) is 5.75 Å². The monoisotopic (exact) mass is 303 g/mol. The van der Waals surface area contributed by atoms with Crippen molar-refractivity contribution in [2.45, 2.75) is 39.8 Å². The van der Waals surface area contributed by atoms with E-state index in [1.807, 2.05) is 45.0 Å². The third kappa shape index (κ3) is 3.58. The van der Waals surface area contributed by atoms with Gasteiger partial charge in [0.2, 0.25) is 0 Å². The summed E-state index contributed by atoms with van der Waals surface area (Å²) in [5.74, 6) is 0.806. The summed E-state index contributed by atoms with van der Waals surface area (Å²) in [5.41, 5.74) is 10.5. The predicted octanol–water partition coefficient (Wildman–Crippen LogP) is 4.73. The van der Waals surface area contributed by atoms with Crippen LogP contribution in [0.2, 0.25) is 5.02 Å². The Labute approximate surface area is 131 Å². The van der Waals surface area contributed by atoms with E-state index < -0.39 is 0 Å². The van der Waals surface area contributed by atoms with Gasteiger partial charge in [-0.15, -0.1) is 0 Å². The van der Waals surface area contributed by atoms with Gasteiger partial charge in [-0.2, -0.15) is 0 Å². The molecule has 2 aromatic carbocycles. The summed E-state index contributed by atoms with van der Waals surface area (Å²) >= 11 is 6.21. The van der Waals surface area contributed by atoms with Crippen LogP contribution in [-0.4, -0.2) is 6.04 Å². The van der Waals surface area contributed by atoms with Gasteiger partial charge in [-0.25, -0.2) is 0 Å². The van der Waals surface area contributed by atoms with Crippen LogP contribution in [0.25, 0.3) is 0 Å². The van der Waals surface area contributed by atoms with Crippen molar-refractivity contribution < 1.29 is 4.74 Å². The van der Waals surface area contributed by atoms with Gasteiger partial charge < -0.3 is 10.5 Å². The first-order valence-electron chi connectivity index (χ1n) is 7.14. The van der Waals surface area contributed by atoms with Crippen molar-refractivity contribution >= 4 is 11.6 Å². The highest BCUT2D eigenvalue weighted by atomic mass is 35.5. The topological polar surface area (TPSA) is 35.2 Å². The maximum Gasteiger partial charge on any atom is 0.139 e. The number of ether oxygens (including phenoxy) is 1. The highest BCUT2D eigenvalue weighted by Crippen LogP contribution is 2.31.